The molecule has 0 aromatic heterocycles. The van der Waals surface area contributed by atoms with E-state index in [4.69, 9.17) is 9.31 Å². The first-order chi connectivity index (χ1) is 7.19. The molecule has 3 heteroatoms. The van der Waals surface area contributed by atoms with Crippen molar-refractivity contribution in [1.29, 1.82) is 0 Å². The van der Waals surface area contributed by atoms with Gasteiger partial charge in [-0.3, -0.25) is 0 Å². The van der Waals surface area contributed by atoms with E-state index in [1.54, 1.807) is 0 Å². The molecule has 0 unspecified atom stereocenters. The molecule has 0 spiro atoms. The predicted octanol–water partition coefficient (Wildman–Crippen LogP) is 3.68. The van der Waals surface area contributed by atoms with Gasteiger partial charge in [0.25, 0.3) is 0 Å². The summed E-state index contributed by atoms with van der Waals surface area (Å²) >= 11 is 0. The minimum atomic E-state index is -0.240. The SMILES string of the molecule is C=C[C@H](CC(C)C)B1OC(C)(C)C(C)(C)O1. The van der Waals surface area contributed by atoms with Crippen LogP contribution in [0.5, 0.6) is 0 Å². The number of hydrogen-bond donors (Lipinski definition) is 0. The molecular weight excluding hydrogens is 199 g/mol. The molecule has 16 heavy (non-hydrogen) atoms. The molecule has 1 heterocycles. The molecular formula is C13H25BO2. The molecule has 0 radical (unpaired) electrons. The van der Waals surface area contributed by atoms with Crippen LogP contribution in [0.4, 0.5) is 0 Å². The van der Waals surface area contributed by atoms with Crippen LogP contribution in [0.1, 0.15) is 48.0 Å². The van der Waals surface area contributed by atoms with E-state index in [0.717, 1.165) is 6.42 Å². The number of rotatable bonds is 4. The standard InChI is InChI=1S/C13H25BO2/c1-8-11(9-10(2)3)14-15-12(4,5)13(6,7)16-14/h8,10-11H,1,9H2,2-7H3/t11-/m1/s1. The van der Waals surface area contributed by atoms with Crippen molar-refractivity contribution in [2.45, 2.75) is 65.0 Å². The van der Waals surface area contributed by atoms with Crippen LogP contribution in [0, 0.1) is 5.92 Å². The predicted molar refractivity (Wildman–Crippen MR) is 69.5 cm³/mol. The summed E-state index contributed by atoms with van der Waals surface area (Å²) in [4.78, 5) is 0. The third-order valence-corrected chi connectivity index (χ3v) is 3.67. The lowest BCUT2D eigenvalue weighted by molar-refractivity contribution is 0.00578. The number of hydrogen-bond acceptors (Lipinski definition) is 2. The van der Waals surface area contributed by atoms with Gasteiger partial charge in [-0.1, -0.05) is 19.9 Å². The van der Waals surface area contributed by atoms with Gasteiger partial charge in [0.15, 0.2) is 0 Å². The minimum Gasteiger partial charge on any atom is -0.403 e. The Hall–Kier alpha value is -0.275. The molecule has 0 bridgehead atoms. The fourth-order valence-corrected chi connectivity index (χ4v) is 1.93. The zero-order valence-corrected chi connectivity index (χ0v) is 11.5. The third-order valence-electron chi connectivity index (χ3n) is 3.67. The second-order valence-corrected chi connectivity index (χ2v) is 6.15. The van der Waals surface area contributed by atoms with E-state index in [1.165, 1.54) is 0 Å². The van der Waals surface area contributed by atoms with E-state index in [1.807, 2.05) is 6.08 Å². The summed E-state index contributed by atoms with van der Waals surface area (Å²) in [7, 11) is -0.148. The summed E-state index contributed by atoms with van der Waals surface area (Å²) in [5.41, 5.74) is -0.480. The number of allylic oxidation sites excluding steroid dienone is 1. The Labute approximate surface area is 101 Å². The first-order valence-corrected chi connectivity index (χ1v) is 6.18. The molecule has 92 valence electrons. The van der Waals surface area contributed by atoms with Crippen LogP contribution in [0.25, 0.3) is 0 Å². The molecule has 2 nitrogen and oxygen atoms in total. The normalized spacial score (nSPS) is 24.8. The van der Waals surface area contributed by atoms with Crippen LogP contribution in [-0.4, -0.2) is 18.3 Å². The maximum Gasteiger partial charge on any atom is 0.465 e. The molecule has 1 fully saturated rings. The molecule has 0 aliphatic carbocycles. The van der Waals surface area contributed by atoms with E-state index in [9.17, 15) is 0 Å². The van der Waals surface area contributed by atoms with E-state index < -0.39 is 0 Å². The van der Waals surface area contributed by atoms with Crippen LogP contribution in [0.3, 0.4) is 0 Å². The highest BCUT2D eigenvalue weighted by atomic mass is 16.7. The van der Waals surface area contributed by atoms with Crippen molar-refractivity contribution < 1.29 is 9.31 Å². The average molecular weight is 224 g/mol. The Kier molecular flexibility index (Phi) is 3.91. The van der Waals surface area contributed by atoms with Crippen LogP contribution >= 0.6 is 0 Å². The molecule has 1 aliphatic rings. The monoisotopic (exact) mass is 224 g/mol. The highest BCUT2D eigenvalue weighted by molar-refractivity contribution is 6.48. The van der Waals surface area contributed by atoms with Gasteiger partial charge in [-0.2, -0.15) is 0 Å². The Morgan fingerprint density at radius 2 is 1.56 bits per heavy atom. The maximum absolute atomic E-state index is 6.02. The summed E-state index contributed by atoms with van der Waals surface area (Å²) in [5, 5.41) is 0. The van der Waals surface area contributed by atoms with Gasteiger partial charge in [0.2, 0.25) is 0 Å². The van der Waals surface area contributed by atoms with Crippen molar-refractivity contribution in [2.24, 2.45) is 5.92 Å². The largest absolute Gasteiger partial charge is 0.465 e. The van der Waals surface area contributed by atoms with Gasteiger partial charge < -0.3 is 9.31 Å². The summed E-state index contributed by atoms with van der Waals surface area (Å²) < 4.78 is 12.0. The summed E-state index contributed by atoms with van der Waals surface area (Å²) in [6, 6.07) is 0. The van der Waals surface area contributed by atoms with Crippen LogP contribution in [-0.2, 0) is 9.31 Å². The second-order valence-electron chi connectivity index (χ2n) is 6.15. The Morgan fingerprint density at radius 3 is 1.88 bits per heavy atom. The van der Waals surface area contributed by atoms with E-state index >= 15 is 0 Å². The van der Waals surface area contributed by atoms with Gasteiger partial charge in [-0.05, 0) is 40.0 Å². The molecule has 0 aromatic rings. The lowest BCUT2D eigenvalue weighted by Crippen LogP contribution is -2.41. The molecule has 1 saturated heterocycles. The van der Waals surface area contributed by atoms with Crippen molar-refractivity contribution in [3.05, 3.63) is 12.7 Å². The van der Waals surface area contributed by atoms with E-state index in [2.05, 4.69) is 48.1 Å². The zero-order valence-electron chi connectivity index (χ0n) is 11.5. The topological polar surface area (TPSA) is 18.5 Å². The smallest absolute Gasteiger partial charge is 0.403 e. The van der Waals surface area contributed by atoms with Crippen molar-refractivity contribution in [3.8, 4) is 0 Å². The summed E-state index contributed by atoms with van der Waals surface area (Å²) in [5.74, 6) is 0.906. The average Bonchev–Trinajstić information content (AvgIpc) is 2.31. The van der Waals surface area contributed by atoms with Crippen molar-refractivity contribution >= 4 is 7.12 Å². The van der Waals surface area contributed by atoms with Crippen LogP contribution < -0.4 is 0 Å². The van der Waals surface area contributed by atoms with Gasteiger partial charge in [0.1, 0.15) is 0 Å². The lowest BCUT2D eigenvalue weighted by Gasteiger charge is -2.32. The van der Waals surface area contributed by atoms with Crippen molar-refractivity contribution in [2.75, 3.05) is 0 Å². The second kappa shape index (κ2) is 4.54. The van der Waals surface area contributed by atoms with Crippen LogP contribution in [0.15, 0.2) is 12.7 Å². The van der Waals surface area contributed by atoms with Gasteiger partial charge in [-0.15, -0.1) is 6.58 Å². The first kappa shape index (κ1) is 13.8. The Balaban J connectivity index is 2.73. The van der Waals surface area contributed by atoms with E-state index in [-0.39, 0.29) is 24.1 Å². The molecule has 0 aromatic carbocycles. The lowest BCUT2D eigenvalue weighted by atomic mass is 9.68. The molecule has 0 saturated carbocycles. The molecule has 0 N–H and O–H groups in total. The van der Waals surface area contributed by atoms with E-state index in [0.29, 0.717) is 5.92 Å². The fourth-order valence-electron chi connectivity index (χ4n) is 1.93. The summed E-state index contributed by atoms with van der Waals surface area (Å²) in [6.07, 6.45) is 3.02. The first-order valence-electron chi connectivity index (χ1n) is 6.18. The quantitative estimate of drug-likeness (QED) is 0.535. The van der Waals surface area contributed by atoms with Gasteiger partial charge >= 0.3 is 7.12 Å². The van der Waals surface area contributed by atoms with Crippen molar-refractivity contribution in [3.63, 3.8) is 0 Å². The molecule has 1 atom stereocenters. The molecule has 1 aliphatic heterocycles. The van der Waals surface area contributed by atoms with Gasteiger partial charge in [0.05, 0.1) is 11.2 Å². The highest BCUT2D eigenvalue weighted by Gasteiger charge is 2.53. The Morgan fingerprint density at radius 1 is 1.12 bits per heavy atom. The third kappa shape index (κ3) is 2.69. The maximum atomic E-state index is 6.02. The van der Waals surface area contributed by atoms with Gasteiger partial charge in [-0.25, -0.2) is 0 Å². The van der Waals surface area contributed by atoms with Crippen LogP contribution in [0.2, 0.25) is 5.82 Å². The van der Waals surface area contributed by atoms with Gasteiger partial charge in [0, 0.05) is 5.82 Å². The fraction of sp³-hybridized carbons (Fsp3) is 0.846. The Bertz CT molecular complexity index is 243. The molecule has 0 amide bonds. The molecule has 1 rings (SSSR count). The highest BCUT2D eigenvalue weighted by Crippen LogP contribution is 2.41. The minimum absolute atomic E-state index is 0.148. The summed E-state index contributed by atoms with van der Waals surface area (Å²) in [6.45, 7) is 16.7. The van der Waals surface area contributed by atoms with Crippen molar-refractivity contribution in [1.82, 2.24) is 0 Å². The zero-order chi connectivity index (χ0) is 12.6.